The average molecular weight is 200 g/mol. The van der Waals surface area contributed by atoms with Crippen LogP contribution in [-0.2, 0) is 0 Å². The third-order valence-electron chi connectivity index (χ3n) is 2.18. The molecule has 0 fully saturated rings. The van der Waals surface area contributed by atoms with Crippen molar-refractivity contribution in [3.8, 4) is 0 Å². The standard InChI is InChI=1S/C11H12N4/c1-8-4-9(6-14-5-8)11(12)10-2-3-13-7-15-10/h2-7,11H,12H2,1H3. The van der Waals surface area contributed by atoms with E-state index in [-0.39, 0.29) is 6.04 Å². The van der Waals surface area contributed by atoms with E-state index in [0.29, 0.717) is 0 Å². The van der Waals surface area contributed by atoms with Crippen LogP contribution in [-0.4, -0.2) is 15.0 Å². The molecule has 0 bridgehead atoms. The lowest BCUT2D eigenvalue weighted by Gasteiger charge is -2.10. The Morgan fingerprint density at radius 3 is 2.80 bits per heavy atom. The smallest absolute Gasteiger partial charge is 0.115 e. The summed E-state index contributed by atoms with van der Waals surface area (Å²) < 4.78 is 0. The molecule has 2 aromatic rings. The first-order valence-corrected chi connectivity index (χ1v) is 4.70. The first-order chi connectivity index (χ1) is 7.27. The first-order valence-electron chi connectivity index (χ1n) is 4.70. The molecular weight excluding hydrogens is 188 g/mol. The summed E-state index contributed by atoms with van der Waals surface area (Å²) >= 11 is 0. The van der Waals surface area contributed by atoms with Gasteiger partial charge in [-0.05, 0) is 24.1 Å². The van der Waals surface area contributed by atoms with Gasteiger partial charge in [-0.15, -0.1) is 0 Å². The number of hydrogen-bond acceptors (Lipinski definition) is 4. The molecule has 0 spiro atoms. The van der Waals surface area contributed by atoms with Gasteiger partial charge in [0.05, 0.1) is 11.7 Å². The van der Waals surface area contributed by atoms with Gasteiger partial charge in [-0.25, -0.2) is 9.97 Å². The maximum atomic E-state index is 6.05. The topological polar surface area (TPSA) is 64.7 Å². The van der Waals surface area contributed by atoms with Crippen molar-refractivity contribution in [2.24, 2.45) is 5.73 Å². The molecule has 1 unspecified atom stereocenters. The van der Waals surface area contributed by atoms with Crippen LogP contribution in [0.15, 0.2) is 37.1 Å². The molecule has 0 aliphatic carbocycles. The highest BCUT2D eigenvalue weighted by atomic mass is 14.8. The Kier molecular flexibility index (Phi) is 2.69. The number of rotatable bonds is 2. The monoisotopic (exact) mass is 200 g/mol. The fourth-order valence-electron chi connectivity index (χ4n) is 1.40. The zero-order valence-corrected chi connectivity index (χ0v) is 8.46. The summed E-state index contributed by atoms with van der Waals surface area (Å²) in [6.07, 6.45) is 6.75. The summed E-state index contributed by atoms with van der Waals surface area (Å²) in [5.74, 6) is 0. The van der Waals surface area contributed by atoms with Gasteiger partial charge >= 0.3 is 0 Å². The summed E-state index contributed by atoms with van der Waals surface area (Å²) in [7, 11) is 0. The molecule has 76 valence electrons. The van der Waals surface area contributed by atoms with Crippen LogP contribution in [0, 0.1) is 6.92 Å². The minimum atomic E-state index is -0.236. The third kappa shape index (κ3) is 2.16. The van der Waals surface area contributed by atoms with E-state index >= 15 is 0 Å². The highest BCUT2D eigenvalue weighted by molar-refractivity contribution is 5.26. The summed E-state index contributed by atoms with van der Waals surface area (Å²) in [5.41, 5.74) is 8.92. The SMILES string of the molecule is Cc1cncc(C(N)c2ccncn2)c1. The van der Waals surface area contributed by atoms with Crippen LogP contribution in [0.25, 0.3) is 0 Å². The lowest BCUT2D eigenvalue weighted by molar-refractivity contribution is 0.812. The maximum Gasteiger partial charge on any atom is 0.115 e. The van der Waals surface area contributed by atoms with Gasteiger partial charge in [0.25, 0.3) is 0 Å². The van der Waals surface area contributed by atoms with Crippen molar-refractivity contribution in [1.29, 1.82) is 0 Å². The molecule has 15 heavy (non-hydrogen) atoms. The van der Waals surface area contributed by atoms with Gasteiger partial charge in [0.15, 0.2) is 0 Å². The van der Waals surface area contributed by atoms with Gasteiger partial charge in [-0.3, -0.25) is 4.98 Å². The maximum absolute atomic E-state index is 6.05. The van der Waals surface area contributed by atoms with E-state index in [1.165, 1.54) is 6.33 Å². The molecule has 2 aromatic heterocycles. The predicted molar refractivity (Wildman–Crippen MR) is 57.0 cm³/mol. The van der Waals surface area contributed by atoms with Crippen LogP contribution in [0.1, 0.15) is 22.9 Å². The van der Waals surface area contributed by atoms with Crippen LogP contribution < -0.4 is 5.73 Å². The predicted octanol–water partition coefficient (Wildman–Crippen LogP) is 1.23. The molecule has 0 saturated carbocycles. The largest absolute Gasteiger partial charge is 0.319 e. The quantitative estimate of drug-likeness (QED) is 0.791. The van der Waals surface area contributed by atoms with Crippen LogP contribution in [0.4, 0.5) is 0 Å². The fourth-order valence-corrected chi connectivity index (χ4v) is 1.40. The van der Waals surface area contributed by atoms with Crippen LogP contribution >= 0.6 is 0 Å². The molecule has 0 aliphatic rings. The molecule has 0 aliphatic heterocycles. The van der Waals surface area contributed by atoms with E-state index in [2.05, 4.69) is 15.0 Å². The Morgan fingerprint density at radius 2 is 2.13 bits per heavy atom. The Labute approximate surface area is 88.2 Å². The van der Waals surface area contributed by atoms with E-state index in [1.54, 1.807) is 18.6 Å². The second kappa shape index (κ2) is 4.14. The molecule has 0 saturated heterocycles. The highest BCUT2D eigenvalue weighted by Gasteiger charge is 2.09. The normalized spacial score (nSPS) is 12.4. The number of aromatic nitrogens is 3. The number of nitrogens with zero attached hydrogens (tertiary/aromatic N) is 3. The van der Waals surface area contributed by atoms with E-state index in [4.69, 9.17) is 5.73 Å². The van der Waals surface area contributed by atoms with Crippen LogP contribution in [0.3, 0.4) is 0 Å². The molecule has 1 atom stereocenters. The van der Waals surface area contributed by atoms with Crippen LogP contribution in [0.5, 0.6) is 0 Å². The summed E-state index contributed by atoms with van der Waals surface area (Å²) in [4.78, 5) is 12.1. The summed E-state index contributed by atoms with van der Waals surface area (Å²) in [6.45, 7) is 1.99. The van der Waals surface area contributed by atoms with Crippen LogP contribution in [0.2, 0.25) is 0 Å². The molecular formula is C11H12N4. The Hall–Kier alpha value is -1.81. The van der Waals surface area contributed by atoms with Gasteiger partial charge < -0.3 is 5.73 Å². The average Bonchev–Trinajstić information content (AvgIpc) is 2.29. The Balaban J connectivity index is 2.32. The molecule has 4 heteroatoms. The number of aryl methyl sites for hydroxylation is 1. The minimum Gasteiger partial charge on any atom is -0.319 e. The Morgan fingerprint density at radius 1 is 1.27 bits per heavy atom. The number of hydrogen-bond donors (Lipinski definition) is 1. The second-order valence-corrected chi connectivity index (χ2v) is 3.41. The van der Waals surface area contributed by atoms with Gasteiger partial charge in [0.1, 0.15) is 6.33 Å². The zero-order valence-electron chi connectivity index (χ0n) is 8.46. The summed E-state index contributed by atoms with van der Waals surface area (Å²) in [6, 6.07) is 3.59. The minimum absolute atomic E-state index is 0.236. The zero-order chi connectivity index (χ0) is 10.7. The van der Waals surface area contributed by atoms with Crippen molar-refractivity contribution in [2.45, 2.75) is 13.0 Å². The number of nitrogens with two attached hydrogens (primary N) is 1. The highest BCUT2D eigenvalue weighted by Crippen LogP contribution is 2.16. The van der Waals surface area contributed by atoms with Gasteiger partial charge in [0.2, 0.25) is 0 Å². The Bertz CT molecular complexity index is 441. The molecule has 2 N–H and O–H groups in total. The van der Waals surface area contributed by atoms with E-state index in [0.717, 1.165) is 16.8 Å². The fraction of sp³-hybridized carbons (Fsp3) is 0.182. The van der Waals surface area contributed by atoms with Gasteiger partial charge in [0, 0.05) is 18.6 Å². The van der Waals surface area contributed by atoms with Gasteiger partial charge in [-0.2, -0.15) is 0 Å². The lowest BCUT2D eigenvalue weighted by Crippen LogP contribution is -2.13. The molecule has 2 heterocycles. The second-order valence-electron chi connectivity index (χ2n) is 3.41. The van der Waals surface area contributed by atoms with Crippen molar-refractivity contribution in [2.75, 3.05) is 0 Å². The number of pyridine rings is 1. The van der Waals surface area contributed by atoms with E-state index < -0.39 is 0 Å². The van der Waals surface area contributed by atoms with E-state index in [1.807, 2.05) is 19.1 Å². The van der Waals surface area contributed by atoms with Crippen molar-refractivity contribution in [1.82, 2.24) is 15.0 Å². The van der Waals surface area contributed by atoms with Crippen molar-refractivity contribution in [3.63, 3.8) is 0 Å². The molecule has 2 rings (SSSR count). The molecule has 0 aromatic carbocycles. The third-order valence-corrected chi connectivity index (χ3v) is 2.18. The van der Waals surface area contributed by atoms with Crippen molar-refractivity contribution in [3.05, 3.63) is 53.9 Å². The molecule has 0 radical (unpaired) electrons. The molecule has 4 nitrogen and oxygen atoms in total. The lowest BCUT2D eigenvalue weighted by atomic mass is 10.1. The summed E-state index contributed by atoms with van der Waals surface area (Å²) in [5, 5.41) is 0. The van der Waals surface area contributed by atoms with Crippen molar-refractivity contribution >= 4 is 0 Å². The molecule has 0 amide bonds. The van der Waals surface area contributed by atoms with Crippen molar-refractivity contribution < 1.29 is 0 Å². The first kappa shape index (κ1) is 9.73. The van der Waals surface area contributed by atoms with Gasteiger partial charge in [-0.1, -0.05) is 6.07 Å². The van der Waals surface area contributed by atoms with E-state index in [9.17, 15) is 0 Å².